The Kier molecular flexibility index (Phi) is 3.06. The van der Waals surface area contributed by atoms with Crippen LogP contribution in [0.25, 0.3) is 11.6 Å². The Labute approximate surface area is 123 Å². The molecule has 0 amide bonds. The van der Waals surface area contributed by atoms with Gasteiger partial charge in [-0.1, -0.05) is 42.5 Å². The van der Waals surface area contributed by atoms with E-state index < -0.39 is 0 Å². The van der Waals surface area contributed by atoms with Crippen LogP contribution in [0.4, 0.5) is 0 Å². The van der Waals surface area contributed by atoms with Gasteiger partial charge >= 0.3 is 0 Å². The second-order valence-electron chi connectivity index (χ2n) is 5.16. The van der Waals surface area contributed by atoms with E-state index in [4.69, 9.17) is 22.3 Å². The maximum Gasteiger partial charge on any atom is 0.122 e. The van der Waals surface area contributed by atoms with Crippen molar-refractivity contribution in [2.45, 2.75) is 6.42 Å². The van der Waals surface area contributed by atoms with E-state index in [-0.39, 0.29) is 11.7 Å². The van der Waals surface area contributed by atoms with Gasteiger partial charge in [-0.25, -0.2) is 0 Å². The molecule has 3 rings (SSSR count). The van der Waals surface area contributed by atoms with Crippen molar-refractivity contribution in [3.8, 4) is 0 Å². The van der Waals surface area contributed by atoms with E-state index in [0.29, 0.717) is 0 Å². The standard InChI is InChI=1S/C17H16N4/c18-16(19)11-3-1-10(2-4-11)14-7-12-5-6-13(17(20)21)8-15(12)9-14/h1-8H,9H2,(H3,18,19)(H3,20,21). The van der Waals surface area contributed by atoms with Crippen LogP contribution in [-0.4, -0.2) is 11.7 Å². The van der Waals surface area contributed by atoms with E-state index in [1.54, 1.807) is 0 Å². The van der Waals surface area contributed by atoms with Crippen LogP contribution in [0, 0.1) is 10.8 Å². The Balaban J connectivity index is 1.89. The molecule has 0 radical (unpaired) electrons. The van der Waals surface area contributed by atoms with Crippen molar-refractivity contribution in [1.82, 2.24) is 0 Å². The maximum absolute atomic E-state index is 7.50. The van der Waals surface area contributed by atoms with Crippen LogP contribution in [0.5, 0.6) is 0 Å². The molecule has 4 heteroatoms. The lowest BCUT2D eigenvalue weighted by Crippen LogP contribution is -2.11. The number of nitrogens with one attached hydrogen (secondary N) is 2. The van der Waals surface area contributed by atoms with Gasteiger partial charge in [0.05, 0.1) is 0 Å². The van der Waals surface area contributed by atoms with Gasteiger partial charge in [-0.2, -0.15) is 0 Å². The minimum atomic E-state index is 0.0799. The number of hydrogen-bond acceptors (Lipinski definition) is 2. The first kappa shape index (κ1) is 13.1. The molecule has 1 aliphatic carbocycles. The quantitative estimate of drug-likeness (QED) is 0.511. The molecule has 2 aromatic carbocycles. The van der Waals surface area contributed by atoms with Gasteiger partial charge in [0.1, 0.15) is 11.7 Å². The highest BCUT2D eigenvalue weighted by molar-refractivity contribution is 5.98. The van der Waals surface area contributed by atoms with Crippen LogP contribution in [-0.2, 0) is 6.42 Å². The number of nitrogen functional groups attached to an aromatic ring is 2. The van der Waals surface area contributed by atoms with Gasteiger partial charge in [-0.3, -0.25) is 10.8 Å². The van der Waals surface area contributed by atoms with Gasteiger partial charge in [-0.05, 0) is 34.8 Å². The maximum atomic E-state index is 7.50. The van der Waals surface area contributed by atoms with Crippen molar-refractivity contribution in [2.75, 3.05) is 0 Å². The zero-order valence-corrected chi connectivity index (χ0v) is 11.5. The summed E-state index contributed by atoms with van der Waals surface area (Å²) >= 11 is 0. The van der Waals surface area contributed by atoms with Gasteiger partial charge in [0.15, 0.2) is 0 Å². The molecule has 0 unspecified atom stereocenters. The summed E-state index contributed by atoms with van der Waals surface area (Å²) in [6.45, 7) is 0. The van der Waals surface area contributed by atoms with Crippen LogP contribution in [0.2, 0.25) is 0 Å². The molecule has 0 atom stereocenters. The van der Waals surface area contributed by atoms with Crippen molar-refractivity contribution < 1.29 is 0 Å². The van der Waals surface area contributed by atoms with E-state index in [1.807, 2.05) is 42.5 Å². The van der Waals surface area contributed by atoms with Gasteiger partial charge in [-0.15, -0.1) is 0 Å². The summed E-state index contributed by atoms with van der Waals surface area (Å²) < 4.78 is 0. The highest BCUT2D eigenvalue weighted by Gasteiger charge is 2.15. The summed E-state index contributed by atoms with van der Waals surface area (Å²) in [7, 11) is 0. The second-order valence-corrected chi connectivity index (χ2v) is 5.16. The summed E-state index contributed by atoms with van der Waals surface area (Å²) in [6.07, 6.45) is 2.98. The van der Waals surface area contributed by atoms with Crippen LogP contribution >= 0.6 is 0 Å². The molecule has 0 aromatic heterocycles. The van der Waals surface area contributed by atoms with E-state index in [9.17, 15) is 0 Å². The zero-order chi connectivity index (χ0) is 15.0. The first-order valence-electron chi connectivity index (χ1n) is 6.67. The van der Waals surface area contributed by atoms with Gasteiger partial charge in [0.25, 0.3) is 0 Å². The normalized spacial score (nSPS) is 12.7. The fraction of sp³-hybridized carbons (Fsp3) is 0.0588. The predicted octanol–water partition coefficient (Wildman–Crippen LogP) is 2.35. The fourth-order valence-electron chi connectivity index (χ4n) is 2.56. The Hall–Kier alpha value is -2.88. The summed E-state index contributed by atoms with van der Waals surface area (Å²) in [5.41, 5.74) is 17.2. The van der Waals surface area contributed by atoms with Crippen LogP contribution in [0.15, 0.2) is 42.5 Å². The number of hydrogen-bond donors (Lipinski definition) is 4. The number of amidine groups is 2. The zero-order valence-electron chi connectivity index (χ0n) is 11.5. The lowest BCUT2D eigenvalue weighted by molar-refractivity contribution is 1.30. The third-order valence-corrected chi connectivity index (χ3v) is 3.73. The van der Waals surface area contributed by atoms with Gasteiger partial charge in [0.2, 0.25) is 0 Å². The highest BCUT2D eigenvalue weighted by Crippen LogP contribution is 2.32. The van der Waals surface area contributed by atoms with Crippen molar-refractivity contribution in [2.24, 2.45) is 11.5 Å². The number of nitrogens with two attached hydrogens (primary N) is 2. The van der Waals surface area contributed by atoms with Gasteiger partial charge < -0.3 is 11.5 Å². The molecule has 0 spiro atoms. The summed E-state index contributed by atoms with van der Waals surface area (Å²) in [5.74, 6) is 0.174. The smallest absolute Gasteiger partial charge is 0.122 e. The third kappa shape index (κ3) is 2.43. The van der Waals surface area contributed by atoms with E-state index in [2.05, 4.69) is 6.08 Å². The Morgan fingerprint density at radius 1 is 0.857 bits per heavy atom. The molecule has 6 N–H and O–H groups in total. The van der Waals surface area contributed by atoms with Crippen LogP contribution < -0.4 is 11.5 Å². The molecule has 104 valence electrons. The number of allylic oxidation sites excluding steroid dienone is 1. The average Bonchev–Trinajstić information content (AvgIpc) is 2.90. The van der Waals surface area contributed by atoms with Crippen LogP contribution in [0.3, 0.4) is 0 Å². The topological polar surface area (TPSA) is 99.7 Å². The summed E-state index contributed by atoms with van der Waals surface area (Å²) in [5, 5.41) is 14.9. The Bertz CT molecular complexity index is 770. The molecular weight excluding hydrogens is 260 g/mol. The number of fused-ring (bicyclic) bond motifs is 1. The lowest BCUT2D eigenvalue weighted by atomic mass is 10.0. The average molecular weight is 276 g/mol. The minimum absolute atomic E-state index is 0.0799. The van der Waals surface area contributed by atoms with Crippen molar-refractivity contribution >= 4 is 23.3 Å². The van der Waals surface area contributed by atoms with Crippen LogP contribution in [0.1, 0.15) is 27.8 Å². The molecular formula is C17H16N4. The van der Waals surface area contributed by atoms with Gasteiger partial charge in [0, 0.05) is 11.1 Å². The SMILES string of the molecule is N=C(N)c1ccc(C2=Cc3ccc(C(=N)N)cc3C2)cc1. The molecule has 0 bridgehead atoms. The monoisotopic (exact) mass is 276 g/mol. The number of rotatable bonds is 3. The Morgan fingerprint density at radius 2 is 1.48 bits per heavy atom. The molecule has 1 aliphatic rings. The molecule has 0 aliphatic heterocycles. The second kappa shape index (κ2) is 4.90. The van der Waals surface area contributed by atoms with Crippen molar-refractivity contribution in [3.05, 3.63) is 70.3 Å². The molecule has 0 saturated carbocycles. The third-order valence-electron chi connectivity index (χ3n) is 3.73. The molecule has 0 saturated heterocycles. The van der Waals surface area contributed by atoms with E-state index in [0.717, 1.165) is 23.1 Å². The fourth-order valence-corrected chi connectivity index (χ4v) is 2.56. The minimum Gasteiger partial charge on any atom is -0.384 e. The van der Waals surface area contributed by atoms with Crippen molar-refractivity contribution in [3.63, 3.8) is 0 Å². The predicted molar refractivity (Wildman–Crippen MR) is 86.5 cm³/mol. The summed E-state index contributed by atoms with van der Waals surface area (Å²) in [6, 6.07) is 13.6. The molecule has 0 fully saturated rings. The lowest BCUT2D eigenvalue weighted by Gasteiger charge is -2.05. The molecule has 4 nitrogen and oxygen atoms in total. The molecule has 2 aromatic rings. The van der Waals surface area contributed by atoms with E-state index >= 15 is 0 Å². The molecule has 0 heterocycles. The van der Waals surface area contributed by atoms with E-state index in [1.165, 1.54) is 16.7 Å². The largest absolute Gasteiger partial charge is 0.384 e. The summed E-state index contributed by atoms with van der Waals surface area (Å²) in [4.78, 5) is 0. The Morgan fingerprint density at radius 3 is 2.10 bits per heavy atom. The first-order valence-corrected chi connectivity index (χ1v) is 6.67. The van der Waals surface area contributed by atoms with Crippen molar-refractivity contribution in [1.29, 1.82) is 10.8 Å². The molecule has 21 heavy (non-hydrogen) atoms. The first-order chi connectivity index (χ1) is 10.0. The number of benzene rings is 2. The highest BCUT2D eigenvalue weighted by atomic mass is 14.7.